The highest BCUT2D eigenvalue weighted by molar-refractivity contribution is 6.30. The molecule has 2 atom stereocenters. The Hall–Kier alpha value is -1.06. The van der Waals surface area contributed by atoms with Gasteiger partial charge in [0.15, 0.2) is 0 Å². The summed E-state index contributed by atoms with van der Waals surface area (Å²) in [6, 6.07) is 7.70. The Morgan fingerprint density at radius 1 is 1.28 bits per heavy atom. The maximum Gasteiger partial charge on any atom is 0.253 e. The van der Waals surface area contributed by atoms with E-state index in [1.54, 1.807) is 0 Å². The fourth-order valence-electron chi connectivity index (χ4n) is 2.96. The van der Waals surface area contributed by atoms with Crippen molar-refractivity contribution in [1.29, 1.82) is 0 Å². The fourth-order valence-corrected chi connectivity index (χ4v) is 3.15. The summed E-state index contributed by atoms with van der Waals surface area (Å²) in [7, 11) is 0. The second kappa shape index (κ2) is 4.90. The first-order chi connectivity index (χ1) is 8.75. The zero-order valence-corrected chi connectivity index (χ0v) is 10.9. The minimum absolute atomic E-state index is 0.0421. The van der Waals surface area contributed by atoms with Crippen molar-refractivity contribution < 1.29 is 9.53 Å². The summed E-state index contributed by atoms with van der Waals surface area (Å²) in [6.45, 7) is 0.188. The van der Waals surface area contributed by atoms with Crippen molar-refractivity contribution in [3.05, 3.63) is 29.3 Å². The molecule has 0 spiro atoms. The molecule has 1 aliphatic carbocycles. The molecule has 1 heterocycles. The number of carbonyl (C=O) groups is 1. The number of fused-ring (bicyclic) bond motifs is 1. The molecule has 4 heteroatoms. The molecule has 1 amide bonds. The van der Waals surface area contributed by atoms with E-state index in [9.17, 15) is 4.79 Å². The molecule has 0 unspecified atom stereocenters. The van der Waals surface area contributed by atoms with E-state index in [0.717, 1.165) is 24.9 Å². The predicted octanol–water partition coefficient (Wildman–Crippen LogP) is 3.01. The SMILES string of the molecule is O=C1CO[C@@H]2CCCC[C@H]2N1c1cccc(Cl)c1. The van der Waals surface area contributed by atoms with E-state index in [1.807, 2.05) is 29.2 Å². The number of ether oxygens (including phenoxy) is 1. The monoisotopic (exact) mass is 265 g/mol. The quantitative estimate of drug-likeness (QED) is 0.781. The molecule has 2 fully saturated rings. The van der Waals surface area contributed by atoms with Crippen LogP contribution in [-0.4, -0.2) is 24.7 Å². The highest BCUT2D eigenvalue weighted by Gasteiger charge is 2.38. The zero-order valence-electron chi connectivity index (χ0n) is 10.1. The summed E-state index contributed by atoms with van der Waals surface area (Å²) in [5.74, 6) is 0.0421. The van der Waals surface area contributed by atoms with Crippen LogP contribution in [0.3, 0.4) is 0 Å². The van der Waals surface area contributed by atoms with Crippen LogP contribution in [0, 0.1) is 0 Å². The summed E-state index contributed by atoms with van der Waals surface area (Å²) < 4.78 is 5.65. The number of amides is 1. The molecule has 3 rings (SSSR count). The first-order valence-corrected chi connectivity index (χ1v) is 6.83. The van der Waals surface area contributed by atoms with Crippen LogP contribution in [0.5, 0.6) is 0 Å². The maximum absolute atomic E-state index is 12.1. The van der Waals surface area contributed by atoms with Gasteiger partial charge in [-0.15, -0.1) is 0 Å². The Labute approximate surface area is 112 Å². The second-order valence-corrected chi connectivity index (χ2v) is 5.38. The molecule has 2 aliphatic rings. The van der Waals surface area contributed by atoms with Gasteiger partial charge in [-0.1, -0.05) is 30.5 Å². The standard InChI is InChI=1S/C14H16ClNO2/c15-10-4-3-5-11(8-10)16-12-6-1-2-7-13(12)18-9-14(16)17/h3-5,8,12-13H,1-2,6-7,9H2/t12-,13-/m1/s1. The summed E-state index contributed by atoms with van der Waals surface area (Å²) in [4.78, 5) is 14.0. The van der Waals surface area contributed by atoms with Crippen molar-refractivity contribution in [2.75, 3.05) is 11.5 Å². The number of halogens is 1. The number of morpholine rings is 1. The molecule has 1 aliphatic heterocycles. The van der Waals surface area contributed by atoms with Crippen LogP contribution in [0.1, 0.15) is 25.7 Å². The van der Waals surface area contributed by atoms with Gasteiger partial charge in [0.1, 0.15) is 6.61 Å². The third-order valence-electron chi connectivity index (χ3n) is 3.78. The van der Waals surface area contributed by atoms with Gasteiger partial charge in [0.25, 0.3) is 5.91 Å². The van der Waals surface area contributed by atoms with Crippen LogP contribution in [0.2, 0.25) is 5.02 Å². The normalized spacial score (nSPS) is 28.1. The Morgan fingerprint density at radius 2 is 2.11 bits per heavy atom. The number of rotatable bonds is 1. The lowest BCUT2D eigenvalue weighted by Crippen LogP contribution is -2.55. The van der Waals surface area contributed by atoms with Gasteiger partial charge in [-0.25, -0.2) is 0 Å². The van der Waals surface area contributed by atoms with Crippen molar-refractivity contribution >= 4 is 23.2 Å². The molecule has 1 saturated carbocycles. The Morgan fingerprint density at radius 3 is 2.94 bits per heavy atom. The van der Waals surface area contributed by atoms with Crippen molar-refractivity contribution in [3.63, 3.8) is 0 Å². The van der Waals surface area contributed by atoms with Crippen molar-refractivity contribution in [1.82, 2.24) is 0 Å². The van der Waals surface area contributed by atoms with Gasteiger partial charge in [-0.05, 0) is 31.0 Å². The van der Waals surface area contributed by atoms with Crippen molar-refractivity contribution in [2.24, 2.45) is 0 Å². The minimum Gasteiger partial charge on any atom is -0.366 e. The molecule has 18 heavy (non-hydrogen) atoms. The third-order valence-corrected chi connectivity index (χ3v) is 4.01. The summed E-state index contributed by atoms with van der Waals surface area (Å²) in [5, 5.41) is 0.666. The number of nitrogens with zero attached hydrogens (tertiary/aromatic N) is 1. The van der Waals surface area contributed by atoms with E-state index in [4.69, 9.17) is 16.3 Å². The van der Waals surface area contributed by atoms with Gasteiger partial charge in [-0.3, -0.25) is 4.79 Å². The molecule has 3 nitrogen and oxygen atoms in total. The van der Waals surface area contributed by atoms with Crippen LogP contribution in [0.4, 0.5) is 5.69 Å². The molecular formula is C14H16ClNO2. The fraction of sp³-hybridized carbons (Fsp3) is 0.500. The van der Waals surface area contributed by atoms with Crippen LogP contribution in [0.15, 0.2) is 24.3 Å². The first-order valence-electron chi connectivity index (χ1n) is 6.45. The number of hydrogen-bond acceptors (Lipinski definition) is 2. The molecular weight excluding hydrogens is 250 g/mol. The molecule has 0 aromatic heterocycles. The molecule has 0 bridgehead atoms. The van der Waals surface area contributed by atoms with Gasteiger partial charge in [0, 0.05) is 10.7 Å². The highest BCUT2D eigenvalue weighted by Crippen LogP contribution is 2.33. The molecule has 0 radical (unpaired) electrons. The number of hydrogen-bond donors (Lipinski definition) is 0. The molecule has 1 saturated heterocycles. The second-order valence-electron chi connectivity index (χ2n) is 4.94. The smallest absolute Gasteiger partial charge is 0.253 e. The van der Waals surface area contributed by atoms with Gasteiger partial charge >= 0.3 is 0 Å². The van der Waals surface area contributed by atoms with E-state index in [-0.39, 0.29) is 24.7 Å². The zero-order chi connectivity index (χ0) is 12.5. The average molecular weight is 266 g/mol. The highest BCUT2D eigenvalue weighted by atomic mass is 35.5. The maximum atomic E-state index is 12.1. The van der Waals surface area contributed by atoms with Crippen LogP contribution in [0.25, 0.3) is 0 Å². The molecule has 1 aromatic rings. The lowest BCUT2D eigenvalue weighted by Gasteiger charge is -2.43. The predicted molar refractivity (Wildman–Crippen MR) is 70.9 cm³/mol. The Kier molecular flexibility index (Phi) is 3.27. The topological polar surface area (TPSA) is 29.5 Å². The Balaban J connectivity index is 1.93. The third kappa shape index (κ3) is 2.13. The van der Waals surface area contributed by atoms with Gasteiger partial charge in [0.2, 0.25) is 0 Å². The van der Waals surface area contributed by atoms with Crippen LogP contribution >= 0.6 is 11.6 Å². The van der Waals surface area contributed by atoms with Crippen LogP contribution in [-0.2, 0) is 9.53 Å². The molecule has 96 valence electrons. The minimum atomic E-state index is 0.0421. The van der Waals surface area contributed by atoms with E-state index in [1.165, 1.54) is 6.42 Å². The summed E-state index contributed by atoms with van der Waals surface area (Å²) in [5.41, 5.74) is 0.896. The van der Waals surface area contributed by atoms with Crippen LogP contribution < -0.4 is 4.90 Å². The van der Waals surface area contributed by atoms with E-state index < -0.39 is 0 Å². The van der Waals surface area contributed by atoms with Crippen molar-refractivity contribution in [2.45, 2.75) is 37.8 Å². The average Bonchev–Trinajstić information content (AvgIpc) is 2.38. The number of benzene rings is 1. The summed E-state index contributed by atoms with van der Waals surface area (Å²) >= 11 is 6.02. The van der Waals surface area contributed by atoms with Gasteiger partial charge < -0.3 is 9.64 Å². The van der Waals surface area contributed by atoms with E-state index in [0.29, 0.717) is 5.02 Å². The number of carbonyl (C=O) groups excluding carboxylic acids is 1. The molecule has 1 aromatic carbocycles. The van der Waals surface area contributed by atoms with E-state index >= 15 is 0 Å². The van der Waals surface area contributed by atoms with Gasteiger partial charge in [0.05, 0.1) is 12.1 Å². The van der Waals surface area contributed by atoms with Crippen molar-refractivity contribution in [3.8, 4) is 0 Å². The lowest BCUT2D eigenvalue weighted by atomic mass is 9.89. The lowest BCUT2D eigenvalue weighted by molar-refractivity contribution is -0.133. The van der Waals surface area contributed by atoms with E-state index in [2.05, 4.69) is 0 Å². The largest absolute Gasteiger partial charge is 0.366 e. The van der Waals surface area contributed by atoms with Gasteiger partial charge in [-0.2, -0.15) is 0 Å². The molecule has 0 N–H and O–H groups in total. The first kappa shape index (κ1) is 12.0. The number of anilines is 1. The Bertz CT molecular complexity index is 463. The summed E-state index contributed by atoms with van der Waals surface area (Å²) in [6.07, 6.45) is 4.61.